The largest absolute Gasteiger partial charge is 0.213 e. The Balaban J connectivity index is 1.95. The highest BCUT2D eigenvalue weighted by molar-refractivity contribution is 6.88. The van der Waals surface area contributed by atoms with Gasteiger partial charge in [-0.05, 0) is 63.8 Å². The van der Waals surface area contributed by atoms with Gasteiger partial charge in [-0.25, -0.2) is 4.57 Å². The average Bonchev–Trinajstić information content (AvgIpc) is 2.84. The molecule has 36 heavy (non-hydrogen) atoms. The van der Waals surface area contributed by atoms with E-state index < -0.39 is 8.07 Å². The molecular weight excluding hydrogens is 450 g/mol. The van der Waals surface area contributed by atoms with E-state index in [1.165, 1.54) is 50.2 Å². The zero-order valence-corrected chi connectivity index (χ0v) is 24.6. The number of benzene rings is 3. The van der Waals surface area contributed by atoms with Crippen LogP contribution in [0.5, 0.6) is 0 Å². The number of hydrogen-bond acceptors (Lipinski definition) is 0. The summed E-state index contributed by atoms with van der Waals surface area (Å²) in [5, 5.41) is 1.56. The molecule has 4 rings (SSSR count). The van der Waals surface area contributed by atoms with Crippen molar-refractivity contribution in [2.75, 3.05) is 0 Å². The van der Waals surface area contributed by atoms with Gasteiger partial charge in [-0.15, -0.1) is 0 Å². The summed E-state index contributed by atoms with van der Waals surface area (Å²) in [7, 11) is 0.727. The van der Waals surface area contributed by atoms with E-state index in [9.17, 15) is 0 Å². The first-order valence-electron chi connectivity index (χ1n) is 13.3. The van der Waals surface area contributed by atoms with Crippen molar-refractivity contribution in [3.8, 4) is 33.5 Å². The van der Waals surface area contributed by atoms with Crippen molar-refractivity contribution in [1.29, 1.82) is 0 Å². The lowest BCUT2D eigenvalue weighted by atomic mass is 9.84. The molecule has 1 nitrogen and oxygen atoms in total. The second-order valence-electron chi connectivity index (χ2n) is 11.9. The third-order valence-corrected chi connectivity index (χ3v) is 9.39. The summed E-state index contributed by atoms with van der Waals surface area (Å²) in [5.74, 6) is 0.934. The predicted molar refractivity (Wildman–Crippen MR) is 160 cm³/mol. The fourth-order valence-electron chi connectivity index (χ4n) is 5.07. The second kappa shape index (κ2) is 10.2. The van der Waals surface area contributed by atoms with E-state index in [-0.39, 0.29) is 0 Å². The molecule has 186 valence electrons. The number of aromatic nitrogens is 1. The first kappa shape index (κ1) is 26.1. The van der Waals surface area contributed by atoms with Crippen molar-refractivity contribution >= 4 is 13.3 Å². The van der Waals surface area contributed by atoms with Crippen LogP contribution >= 0.6 is 0 Å². The Kier molecular flexibility index (Phi) is 7.38. The molecule has 0 aliphatic carbocycles. The molecule has 2 heteroatoms. The zero-order valence-electron chi connectivity index (χ0n) is 23.6. The number of nitrogens with zero attached hydrogens (tertiary/aromatic N) is 1. The fourth-order valence-corrected chi connectivity index (χ4v) is 6.24. The van der Waals surface area contributed by atoms with Crippen LogP contribution in [0.15, 0.2) is 79.0 Å². The van der Waals surface area contributed by atoms with Crippen molar-refractivity contribution in [1.82, 2.24) is 0 Å². The molecule has 0 radical (unpaired) electrons. The van der Waals surface area contributed by atoms with E-state index in [0.29, 0.717) is 11.8 Å². The normalized spacial score (nSPS) is 12.0. The van der Waals surface area contributed by atoms with E-state index in [2.05, 4.69) is 145 Å². The van der Waals surface area contributed by atoms with Gasteiger partial charge in [0.2, 0.25) is 5.69 Å². The molecule has 0 spiro atoms. The second-order valence-corrected chi connectivity index (χ2v) is 17.0. The minimum atomic E-state index is -1.43. The molecule has 0 aliphatic heterocycles. The van der Waals surface area contributed by atoms with Gasteiger partial charge >= 0.3 is 0 Å². The van der Waals surface area contributed by atoms with Crippen molar-refractivity contribution in [2.24, 2.45) is 7.05 Å². The van der Waals surface area contributed by atoms with Crippen LogP contribution in [-0.4, -0.2) is 8.07 Å². The highest BCUT2D eigenvalue weighted by Crippen LogP contribution is 2.38. The van der Waals surface area contributed by atoms with Crippen LogP contribution in [0.3, 0.4) is 0 Å². The van der Waals surface area contributed by atoms with Gasteiger partial charge in [0.05, 0.1) is 8.07 Å². The summed E-state index contributed by atoms with van der Waals surface area (Å²) in [4.78, 5) is 0. The Hall–Kier alpha value is -2.97. The van der Waals surface area contributed by atoms with Crippen LogP contribution in [0.25, 0.3) is 33.5 Å². The van der Waals surface area contributed by atoms with E-state index in [4.69, 9.17) is 0 Å². The van der Waals surface area contributed by atoms with Gasteiger partial charge in [0.1, 0.15) is 7.05 Å². The molecule has 3 aromatic carbocycles. The van der Waals surface area contributed by atoms with Crippen LogP contribution < -0.4 is 9.75 Å². The van der Waals surface area contributed by atoms with Crippen LogP contribution in [-0.2, 0) is 7.05 Å². The smallest absolute Gasteiger partial charge is 0.201 e. The van der Waals surface area contributed by atoms with Crippen molar-refractivity contribution in [3.63, 3.8) is 0 Å². The molecule has 0 atom stereocenters. The van der Waals surface area contributed by atoms with Crippen molar-refractivity contribution < 1.29 is 4.57 Å². The lowest BCUT2D eigenvalue weighted by Crippen LogP contribution is -2.38. The first-order valence-corrected chi connectivity index (χ1v) is 16.8. The molecule has 0 N–H and O–H groups in total. The van der Waals surface area contributed by atoms with Gasteiger partial charge in [0.15, 0.2) is 6.20 Å². The van der Waals surface area contributed by atoms with Crippen molar-refractivity contribution in [3.05, 3.63) is 95.7 Å². The molecule has 4 aromatic rings. The Morgan fingerprint density at radius 3 is 1.83 bits per heavy atom. The predicted octanol–water partition coefficient (Wildman–Crippen LogP) is 8.61. The first-order chi connectivity index (χ1) is 17.0. The number of hydrogen-bond donors (Lipinski definition) is 0. The molecule has 0 aliphatic rings. The Morgan fingerprint density at radius 2 is 1.28 bits per heavy atom. The third-order valence-electron chi connectivity index (χ3n) is 7.37. The summed E-state index contributed by atoms with van der Waals surface area (Å²) in [6.45, 7) is 19.0. The van der Waals surface area contributed by atoms with Gasteiger partial charge in [-0.2, -0.15) is 0 Å². The molecule has 1 aromatic heterocycles. The lowest BCUT2D eigenvalue weighted by molar-refractivity contribution is -0.660. The summed E-state index contributed by atoms with van der Waals surface area (Å²) in [5.41, 5.74) is 12.1. The SMILES string of the molecule is Cc1ccc(-c2ccccc2)cc1-c1cc(-c2c(C(C)C)cc([Si](C)(C)C)cc2C(C)C)cc[n+]1C. The average molecular weight is 493 g/mol. The van der Waals surface area contributed by atoms with Crippen LogP contribution in [0.1, 0.15) is 56.2 Å². The van der Waals surface area contributed by atoms with Crippen LogP contribution in [0.2, 0.25) is 19.6 Å². The molecule has 0 saturated carbocycles. The number of pyridine rings is 1. The molecule has 0 fully saturated rings. The third kappa shape index (κ3) is 5.25. The Labute approximate surface area is 219 Å². The molecule has 0 unspecified atom stereocenters. The van der Waals surface area contributed by atoms with E-state index in [1.807, 2.05) is 0 Å². The van der Waals surface area contributed by atoms with Gasteiger partial charge in [-0.3, -0.25) is 0 Å². The molecule has 0 amide bonds. The van der Waals surface area contributed by atoms with E-state index in [1.54, 1.807) is 5.19 Å². The van der Waals surface area contributed by atoms with E-state index >= 15 is 0 Å². The maximum absolute atomic E-state index is 2.52. The van der Waals surface area contributed by atoms with E-state index in [0.717, 1.165) is 0 Å². The van der Waals surface area contributed by atoms with Crippen LogP contribution in [0.4, 0.5) is 0 Å². The van der Waals surface area contributed by atoms with Crippen LogP contribution in [0, 0.1) is 6.92 Å². The zero-order chi connectivity index (χ0) is 26.2. The minimum absolute atomic E-state index is 0.467. The molecule has 0 saturated heterocycles. The quantitative estimate of drug-likeness (QED) is 0.187. The van der Waals surface area contributed by atoms with Gasteiger partial charge in [-0.1, -0.05) is 107 Å². The monoisotopic (exact) mass is 492 g/mol. The maximum atomic E-state index is 2.52. The maximum Gasteiger partial charge on any atom is 0.213 e. The number of rotatable bonds is 6. The molecular formula is C34H42NSi+. The summed E-state index contributed by atoms with van der Waals surface area (Å²) in [6.07, 6.45) is 2.24. The molecule has 1 heterocycles. The standard InChI is InChI=1S/C34H42NSi/c1-23(2)30-21-29(36(7,8)9)22-31(24(3)4)34(30)28-17-18-35(6)33(20-28)32-19-27(16-15-25(32)5)26-13-11-10-12-14-26/h10-24H,1-9H3/q+1. The topological polar surface area (TPSA) is 3.88 Å². The molecule has 0 bridgehead atoms. The lowest BCUT2D eigenvalue weighted by Gasteiger charge is -2.26. The Bertz CT molecular complexity index is 1350. The summed E-state index contributed by atoms with van der Waals surface area (Å²) < 4.78 is 2.27. The van der Waals surface area contributed by atoms with Crippen molar-refractivity contribution in [2.45, 2.75) is 66.1 Å². The van der Waals surface area contributed by atoms with Gasteiger partial charge in [0.25, 0.3) is 0 Å². The summed E-state index contributed by atoms with van der Waals surface area (Å²) >= 11 is 0. The van der Waals surface area contributed by atoms with Gasteiger partial charge in [0, 0.05) is 17.7 Å². The fraction of sp³-hybridized carbons (Fsp3) is 0.324. The Morgan fingerprint density at radius 1 is 0.667 bits per heavy atom. The summed E-state index contributed by atoms with van der Waals surface area (Å²) in [6, 6.07) is 27.3. The number of aryl methyl sites for hydroxylation is 2. The minimum Gasteiger partial charge on any atom is -0.201 e. The highest BCUT2D eigenvalue weighted by atomic mass is 28.3. The van der Waals surface area contributed by atoms with Gasteiger partial charge < -0.3 is 0 Å². The highest BCUT2D eigenvalue weighted by Gasteiger charge is 2.25.